The van der Waals surface area contributed by atoms with Gasteiger partial charge in [-0.25, -0.2) is 4.79 Å². The number of nitrogens with two attached hydrogens (primary N) is 1. The van der Waals surface area contributed by atoms with Crippen molar-refractivity contribution < 1.29 is 45.1 Å². The zero-order valence-corrected chi connectivity index (χ0v) is 29.9. The Labute approximate surface area is 316 Å². The number of anilines is 1. The number of azo groups is 3. The number of hydrogen-bond donors (Lipinski definition) is 5. The van der Waals surface area contributed by atoms with Crippen molar-refractivity contribution in [2.45, 2.75) is 4.90 Å². The van der Waals surface area contributed by atoms with Crippen LogP contribution in [0.15, 0.2) is 151 Å². The van der Waals surface area contributed by atoms with E-state index in [0.29, 0.717) is 55.1 Å². The molecule has 0 heterocycles. The Morgan fingerprint density at radius 1 is 0.571 bits per heavy atom. The number of benzene rings is 7. The van der Waals surface area contributed by atoms with Crippen molar-refractivity contribution >= 4 is 98.6 Å². The van der Waals surface area contributed by atoms with E-state index in [-0.39, 0.29) is 17.1 Å². The molecule has 280 valence electrons. The van der Waals surface area contributed by atoms with Gasteiger partial charge in [0.15, 0.2) is 11.5 Å². The lowest BCUT2D eigenvalue weighted by molar-refractivity contribution is 0.0693. The van der Waals surface area contributed by atoms with E-state index < -0.39 is 48.4 Å². The molecule has 0 aliphatic carbocycles. The largest absolute Gasteiger partial charge is 0.505 e. The molecule has 7 aromatic carbocycles. The van der Waals surface area contributed by atoms with E-state index in [4.69, 9.17) is 9.92 Å². The van der Waals surface area contributed by atoms with Gasteiger partial charge in [-0.15, -0.1) is 30.7 Å². The number of aromatic carboxylic acids is 1. The summed E-state index contributed by atoms with van der Waals surface area (Å²) in [6.45, 7) is 0. The predicted molar refractivity (Wildman–Crippen MR) is 206 cm³/mol. The summed E-state index contributed by atoms with van der Waals surface area (Å²) in [7, 11) is -9.84. The Morgan fingerprint density at radius 2 is 1.04 bits per heavy atom. The first kappa shape index (κ1) is 37.1. The van der Waals surface area contributed by atoms with Crippen LogP contribution in [0.3, 0.4) is 0 Å². The van der Waals surface area contributed by atoms with Crippen molar-refractivity contribution in [3.8, 4) is 11.5 Å². The molecule has 17 nitrogen and oxygen atoms in total. The Hall–Kier alpha value is -7.19. The van der Waals surface area contributed by atoms with Crippen LogP contribution in [0, 0.1) is 0 Å². The number of carboxylic acids is 1. The minimum atomic E-state index is -4.92. The number of aromatic hydroxyl groups is 1. The standard InChI is InChI=1S/C37H25N7O10S2/c38-21-10-11-22-20(19-21)9-13-32(36(22)54-56(51,52)53)43-41-30-15-14-28(23-5-1-2-6-24(23)30)39-40-29-16-17-31(26-8-4-3-7-25(26)29)42-44-34-33(55(48,49)50)18-12-27(35(34)45)37(46)47/h1-19,45H,38H2,(H,46,47)(H,48,49,50)(H,51,52,53). The van der Waals surface area contributed by atoms with Crippen LogP contribution < -0.4 is 9.92 Å². The average Bonchev–Trinajstić information content (AvgIpc) is 3.15. The van der Waals surface area contributed by atoms with Gasteiger partial charge < -0.3 is 20.1 Å². The van der Waals surface area contributed by atoms with Crippen molar-refractivity contribution in [2.75, 3.05) is 5.73 Å². The van der Waals surface area contributed by atoms with Crippen LogP contribution in [0.1, 0.15) is 10.4 Å². The molecule has 0 aliphatic heterocycles. The third-order valence-corrected chi connectivity index (χ3v) is 9.59. The summed E-state index contributed by atoms with van der Waals surface area (Å²) in [5.41, 5.74) is 6.37. The molecule has 0 saturated carbocycles. The minimum Gasteiger partial charge on any atom is -0.505 e. The highest BCUT2D eigenvalue weighted by Gasteiger charge is 2.24. The lowest BCUT2D eigenvalue weighted by Gasteiger charge is -2.10. The molecule has 0 unspecified atom stereocenters. The molecule has 0 radical (unpaired) electrons. The summed E-state index contributed by atoms with van der Waals surface area (Å²) in [4.78, 5) is 10.7. The summed E-state index contributed by atoms with van der Waals surface area (Å²) < 4.78 is 71.4. The first-order valence-corrected chi connectivity index (χ1v) is 18.8. The maximum absolute atomic E-state index is 12.0. The molecule has 0 aliphatic rings. The number of carbonyl (C=O) groups is 1. The van der Waals surface area contributed by atoms with Crippen LogP contribution in [0.25, 0.3) is 32.3 Å². The van der Waals surface area contributed by atoms with Crippen molar-refractivity contribution in [2.24, 2.45) is 30.7 Å². The number of rotatable bonds is 10. The second-order valence-corrected chi connectivity index (χ2v) is 14.3. The van der Waals surface area contributed by atoms with Crippen molar-refractivity contribution in [3.05, 3.63) is 121 Å². The van der Waals surface area contributed by atoms with E-state index in [2.05, 4.69) is 30.7 Å². The Morgan fingerprint density at radius 3 is 1.50 bits per heavy atom. The molecule has 0 bridgehead atoms. The molecule has 19 heteroatoms. The van der Waals surface area contributed by atoms with E-state index >= 15 is 0 Å². The zero-order valence-electron chi connectivity index (χ0n) is 28.3. The monoisotopic (exact) mass is 791 g/mol. The van der Waals surface area contributed by atoms with E-state index in [0.717, 1.165) is 12.1 Å². The first-order chi connectivity index (χ1) is 26.7. The van der Waals surface area contributed by atoms with Gasteiger partial charge in [0.2, 0.25) is 0 Å². The van der Waals surface area contributed by atoms with Crippen molar-refractivity contribution in [1.29, 1.82) is 0 Å². The summed E-state index contributed by atoms with van der Waals surface area (Å²) in [6, 6.07) is 29.9. The van der Waals surface area contributed by atoms with E-state index in [1.54, 1.807) is 84.9 Å². The third-order valence-electron chi connectivity index (χ3n) is 8.33. The smallest absolute Gasteiger partial charge is 0.446 e. The number of nitrogens with zero attached hydrogens (tertiary/aromatic N) is 6. The zero-order chi connectivity index (χ0) is 39.8. The summed E-state index contributed by atoms with van der Waals surface area (Å²) in [6.07, 6.45) is 0. The van der Waals surface area contributed by atoms with Gasteiger partial charge in [-0.2, -0.15) is 16.8 Å². The predicted octanol–water partition coefficient (Wildman–Crippen LogP) is 9.81. The van der Waals surface area contributed by atoms with Gasteiger partial charge in [0, 0.05) is 32.6 Å². The highest BCUT2D eigenvalue weighted by molar-refractivity contribution is 7.86. The van der Waals surface area contributed by atoms with Crippen LogP contribution in [-0.2, 0) is 20.5 Å². The van der Waals surface area contributed by atoms with Gasteiger partial charge in [0.05, 0.1) is 22.7 Å². The second kappa shape index (κ2) is 14.6. The minimum absolute atomic E-state index is 0.0204. The molecule has 0 aromatic heterocycles. The molecule has 6 N–H and O–H groups in total. The molecule has 0 fully saturated rings. The molecule has 56 heavy (non-hydrogen) atoms. The van der Waals surface area contributed by atoms with Crippen LogP contribution in [0.4, 0.5) is 39.8 Å². The van der Waals surface area contributed by atoms with E-state index in [1.807, 2.05) is 0 Å². The van der Waals surface area contributed by atoms with Crippen molar-refractivity contribution in [3.63, 3.8) is 0 Å². The third kappa shape index (κ3) is 7.58. The van der Waals surface area contributed by atoms with Gasteiger partial charge >= 0.3 is 16.4 Å². The molecule has 7 rings (SSSR count). The van der Waals surface area contributed by atoms with Crippen LogP contribution in [-0.4, -0.2) is 42.1 Å². The number of phenols is 1. The fourth-order valence-corrected chi connectivity index (χ4v) is 6.83. The summed E-state index contributed by atoms with van der Waals surface area (Å²) in [5.74, 6) is -2.79. The number of nitrogen functional groups attached to an aromatic ring is 1. The molecule has 7 aromatic rings. The lowest BCUT2D eigenvalue weighted by atomic mass is 10.1. The molecular weight excluding hydrogens is 767 g/mol. The maximum atomic E-state index is 12.0. The van der Waals surface area contributed by atoms with Gasteiger partial charge in [-0.1, -0.05) is 54.6 Å². The quantitative estimate of drug-likeness (QED) is 0.0493. The fraction of sp³-hybridized carbons (Fsp3) is 0. The highest BCUT2D eigenvalue weighted by atomic mass is 32.3. The van der Waals surface area contributed by atoms with Crippen LogP contribution in [0.2, 0.25) is 0 Å². The van der Waals surface area contributed by atoms with Gasteiger partial charge in [-0.05, 0) is 66.0 Å². The Bertz CT molecular complexity index is 3080. The van der Waals surface area contributed by atoms with Gasteiger partial charge in [0.1, 0.15) is 21.8 Å². The Kier molecular flexibility index (Phi) is 9.66. The molecular formula is C37H25N7O10S2. The topological polar surface area (TPSA) is 276 Å². The molecule has 0 spiro atoms. The van der Waals surface area contributed by atoms with E-state index in [1.165, 1.54) is 18.2 Å². The number of carboxylic acid groups (broad SMARTS) is 1. The van der Waals surface area contributed by atoms with Gasteiger partial charge in [-0.3, -0.25) is 9.11 Å². The van der Waals surface area contributed by atoms with E-state index in [9.17, 15) is 40.9 Å². The highest BCUT2D eigenvalue weighted by Crippen LogP contribution is 2.42. The molecule has 0 atom stereocenters. The van der Waals surface area contributed by atoms with Crippen LogP contribution >= 0.6 is 0 Å². The number of fused-ring (bicyclic) bond motifs is 3. The SMILES string of the molecule is Nc1ccc2c(OS(=O)(=O)O)c(N=Nc3ccc(N=Nc4ccc(N=Nc5c(S(=O)(=O)O)ccc(C(=O)O)c5O)c5ccccc45)c4ccccc34)ccc2c1. The second-order valence-electron chi connectivity index (χ2n) is 11.9. The normalized spacial score (nSPS) is 12.5. The van der Waals surface area contributed by atoms with Gasteiger partial charge in [0.25, 0.3) is 10.1 Å². The Balaban J connectivity index is 1.24. The maximum Gasteiger partial charge on any atom is 0.446 e. The number of hydrogen-bond acceptors (Lipinski definition) is 14. The average molecular weight is 792 g/mol. The summed E-state index contributed by atoms with van der Waals surface area (Å²) >= 11 is 0. The summed E-state index contributed by atoms with van der Waals surface area (Å²) in [5, 5.41) is 48.6. The fourth-order valence-electron chi connectivity index (χ4n) is 5.82. The lowest BCUT2D eigenvalue weighted by Crippen LogP contribution is -2.07. The first-order valence-electron chi connectivity index (χ1n) is 16.0. The van der Waals surface area contributed by atoms with Crippen molar-refractivity contribution in [1.82, 2.24) is 0 Å². The molecule has 0 saturated heterocycles. The van der Waals surface area contributed by atoms with Crippen LogP contribution in [0.5, 0.6) is 11.5 Å². The molecule has 0 amide bonds.